The topological polar surface area (TPSA) is 73.4 Å². The Bertz CT molecular complexity index is 1560. The van der Waals surface area contributed by atoms with Crippen molar-refractivity contribution in [3.05, 3.63) is 71.2 Å². The molecule has 0 atom stereocenters. The summed E-state index contributed by atoms with van der Waals surface area (Å²) in [5.74, 6) is -1.31. The molecule has 7 nitrogen and oxygen atoms in total. The van der Waals surface area contributed by atoms with Crippen LogP contribution in [0.25, 0.3) is 21.2 Å². The lowest BCUT2D eigenvalue weighted by Gasteiger charge is -2.19. The van der Waals surface area contributed by atoms with Gasteiger partial charge in [0.25, 0.3) is 5.91 Å². The summed E-state index contributed by atoms with van der Waals surface area (Å²) in [6.07, 6.45) is 0. The fourth-order valence-electron chi connectivity index (χ4n) is 3.98. The van der Waals surface area contributed by atoms with E-state index in [1.807, 2.05) is 39.0 Å². The third-order valence-corrected chi connectivity index (χ3v) is 6.56. The van der Waals surface area contributed by atoms with Crippen molar-refractivity contribution in [1.82, 2.24) is 14.8 Å². The standard InChI is InChI=1S/C25H22F2N4O3S/c1-4-33-19-7-5-6-16-11-20(34-23(16)19)24(32)30(8-9-31-15(3)10-14(2)29-31)25-28-22-18(27)12-17(26)13-21(22)35-25/h5-7,10-13H,4,8-9H2,1-3H3. The van der Waals surface area contributed by atoms with E-state index in [0.29, 0.717) is 29.2 Å². The van der Waals surface area contributed by atoms with Crippen molar-refractivity contribution < 1.29 is 22.7 Å². The second-order valence-electron chi connectivity index (χ2n) is 8.06. The second kappa shape index (κ2) is 9.10. The predicted octanol–water partition coefficient (Wildman–Crippen LogP) is 5.88. The molecular formula is C25H22F2N4O3S. The molecule has 5 aromatic rings. The number of furan rings is 1. The molecule has 0 saturated heterocycles. The van der Waals surface area contributed by atoms with Crippen LogP contribution in [0.15, 0.2) is 46.9 Å². The molecule has 1 amide bonds. The zero-order valence-electron chi connectivity index (χ0n) is 19.3. The Kier molecular flexibility index (Phi) is 5.98. The predicted molar refractivity (Wildman–Crippen MR) is 130 cm³/mol. The van der Waals surface area contributed by atoms with E-state index in [4.69, 9.17) is 9.15 Å². The largest absolute Gasteiger partial charge is 0.490 e. The number of carbonyl (C=O) groups excluding carboxylic acids is 1. The first-order valence-electron chi connectivity index (χ1n) is 11.1. The minimum atomic E-state index is -0.779. The molecule has 0 fully saturated rings. The number of halogens is 2. The molecular weight excluding hydrogens is 474 g/mol. The van der Waals surface area contributed by atoms with Crippen molar-refractivity contribution in [3.8, 4) is 5.75 Å². The average Bonchev–Trinajstić information content (AvgIpc) is 3.51. The van der Waals surface area contributed by atoms with Crippen LogP contribution < -0.4 is 9.64 Å². The second-order valence-corrected chi connectivity index (χ2v) is 9.07. The summed E-state index contributed by atoms with van der Waals surface area (Å²) in [6, 6.07) is 11.0. The van der Waals surface area contributed by atoms with Gasteiger partial charge in [-0.1, -0.05) is 23.5 Å². The summed E-state index contributed by atoms with van der Waals surface area (Å²) < 4.78 is 41.8. The number of ether oxygens (including phenoxy) is 1. The summed E-state index contributed by atoms with van der Waals surface area (Å²) in [6.45, 7) is 6.70. The van der Waals surface area contributed by atoms with Gasteiger partial charge < -0.3 is 9.15 Å². The quantitative estimate of drug-likeness (QED) is 0.281. The first-order chi connectivity index (χ1) is 16.8. The average molecular weight is 497 g/mol. The van der Waals surface area contributed by atoms with Crippen LogP contribution in [0, 0.1) is 25.5 Å². The zero-order valence-corrected chi connectivity index (χ0v) is 20.2. The molecule has 35 heavy (non-hydrogen) atoms. The molecule has 2 aromatic carbocycles. The molecule has 5 rings (SSSR count). The number of thiazole rings is 1. The Balaban J connectivity index is 1.56. The summed E-state index contributed by atoms with van der Waals surface area (Å²) in [4.78, 5) is 19.4. The SMILES string of the molecule is CCOc1cccc2cc(C(=O)N(CCn3nc(C)cc3C)c3nc4c(F)cc(F)cc4s3)oc12. The number of aromatic nitrogens is 3. The number of nitrogens with zero attached hydrogens (tertiary/aromatic N) is 4. The Morgan fingerprint density at radius 3 is 2.77 bits per heavy atom. The minimum absolute atomic E-state index is 0.0125. The number of fused-ring (bicyclic) bond motifs is 2. The van der Waals surface area contributed by atoms with Crippen LogP contribution in [-0.4, -0.2) is 33.8 Å². The molecule has 3 heterocycles. The number of aryl methyl sites for hydroxylation is 2. The van der Waals surface area contributed by atoms with Crippen molar-refractivity contribution in [2.24, 2.45) is 0 Å². The Hall–Kier alpha value is -3.79. The molecule has 0 unspecified atom stereocenters. The van der Waals surface area contributed by atoms with Crippen molar-refractivity contribution in [2.75, 3.05) is 18.1 Å². The van der Waals surface area contributed by atoms with Gasteiger partial charge in [-0.2, -0.15) is 5.10 Å². The van der Waals surface area contributed by atoms with Gasteiger partial charge >= 0.3 is 0 Å². The van der Waals surface area contributed by atoms with Crippen molar-refractivity contribution >= 4 is 43.6 Å². The van der Waals surface area contributed by atoms with Crippen LogP contribution >= 0.6 is 11.3 Å². The van der Waals surface area contributed by atoms with E-state index in [-0.39, 0.29) is 23.0 Å². The van der Waals surface area contributed by atoms with E-state index >= 15 is 0 Å². The number of benzene rings is 2. The molecule has 0 radical (unpaired) electrons. The maximum absolute atomic E-state index is 14.4. The summed E-state index contributed by atoms with van der Waals surface area (Å²) in [5, 5.41) is 5.41. The number of hydrogen-bond acceptors (Lipinski definition) is 6. The van der Waals surface area contributed by atoms with Crippen molar-refractivity contribution in [2.45, 2.75) is 27.3 Å². The van der Waals surface area contributed by atoms with E-state index in [2.05, 4.69) is 10.1 Å². The molecule has 0 aliphatic carbocycles. The fraction of sp³-hybridized carbons (Fsp3) is 0.240. The third-order valence-electron chi connectivity index (χ3n) is 5.54. The molecule has 10 heteroatoms. The van der Waals surface area contributed by atoms with Gasteiger partial charge in [0.1, 0.15) is 11.3 Å². The van der Waals surface area contributed by atoms with Gasteiger partial charge in [-0.25, -0.2) is 13.8 Å². The Morgan fingerprint density at radius 1 is 1.20 bits per heavy atom. The molecule has 0 N–H and O–H groups in total. The number of amides is 1. The first-order valence-corrected chi connectivity index (χ1v) is 11.9. The molecule has 180 valence electrons. The van der Waals surface area contributed by atoms with Gasteiger partial charge in [-0.05, 0) is 45.0 Å². The van der Waals surface area contributed by atoms with E-state index in [0.717, 1.165) is 34.2 Å². The Labute approximate surface area is 203 Å². The normalized spacial score (nSPS) is 11.5. The van der Waals surface area contributed by atoms with Gasteiger partial charge in [-0.15, -0.1) is 0 Å². The van der Waals surface area contributed by atoms with Gasteiger partial charge in [0.15, 0.2) is 28.0 Å². The molecule has 0 aliphatic rings. The number of anilines is 1. The molecule has 0 saturated carbocycles. The molecule has 0 bridgehead atoms. The Morgan fingerprint density at radius 2 is 2.03 bits per heavy atom. The molecule has 3 aromatic heterocycles. The highest BCUT2D eigenvalue weighted by molar-refractivity contribution is 7.22. The van der Waals surface area contributed by atoms with E-state index < -0.39 is 17.5 Å². The monoisotopic (exact) mass is 496 g/mol. The lowest BCUT2D eigenvalue weighted by molar-refractivity contribution is 0.0961. The van der Waals surface area contributed by atoms with Gasteiger partial charge in [0.2, 0.25) is 0 Å². The van der Waals surface area contributed by atoms with Crippen LogP contribution in [-0.2, 0) is 6.54 Å². The molecule has 0 spiro atoms. The number of hydrogen-bond donors (Lipinski definition) is 0. The minimum Gasteiger partial charge on any atom is -0.490 e. The van der Waals surface area contributed by atoms with E-state index in [1.54, 1.807) is 16.8 Å². The van der Waals surface area contributed by atoms with Gasteiger partial charge in [-0.3, -0.25) is 14.4 Å². The van der Waals surface area contributed by atoms with E-state index in [1.165, 1.54) is 11.0 Å². The summed E-state index contributed by atoms with van der Waals surface area (Å²) >= 11 is 1.04. The third kappa shape index (κ3) is 4.37. The maximum Gasteiger partial charge on any atom is 0.295 e. The van der Waals surface area contributed by atoms with Crippen molar-refractivity contribution in [1.29, 1.82) is 0 Å². The van der Waals surface area contributed by atoms with Crippen LogP contribution in [0.1, 0.15) is 28.9 Å². The summed E-state index contributed by atoms with van der Waals surface area (Å²) in [5.41, 5.74) is 2.28. The highest BCUT2D eigenvalue weighted by Gasteiger charge is 2.26. The van der Waals surface area contributed by atoms with Gasteiger partial charge in [0.05, 0.1) is 23.5 Å². The number of para-hydroxylation sites is 1. The van der Waals surface area contributed by atoms with Crippen LogP contribution in [0.3, 0.4) is 0 Å². The zero-order chi connectivity index (χ0) is 24.7. The highest BCUT2D eigenvalue weighted by atomic mass is 32.1. The van der Waals surface area contributed by atoms with Crippen LogP contribution in [0.5, 0.6) is 5.75 Å². The van der Waals surface area contributed by atoms with E-state index in [9.17, 15) is 13.6 Å². The van der Waals surface area contributed by atoms with Crippen LogP contribution in [0.2, 0.25) is 0 Å². The van der Waals surface area contributed by atoms with Crippen molar-refractivity contribution in [3.63, 3.8) is 0 Å². The lowest BCUT2D eigenvalue weighted by Crippen LogP contribution is -2.34. The summed E-state index contributed by atoms with van der Waals surface area (Å²) in [7, 11) is 0. The smallest absolute Gasteiger partial charge is 0.295 e. The number of rotatable bonds is 7. The highest BCUT2D eigenvalue weighted by Crippen LogP contribution is 2.34. The number of carbonyl (C=O) groups is 1. The fourth-order valence-corrected chi connectivity index (χ4v) is 5.01. The van der Waals surface area contributed by atoms with Crippen LogP contribution in [0.4, 0.5) is 13.9 Å². The van der Waals surface area contributed by atoms with Gasteiger partial charge in [0, 0.05) is 23.7 Å². The molecule has 0 aliphatic heterocycles. The first kappa shape index (κ1) is 23.0. The lowest BCUT2D eigenvalue weighted by atomic mass is 10.2. The maximum atomic E-state index is 14.4.